The van der Waals surface area contributed by atoms with Crippen LogP contribution in [0, 0.1) is 0 Å². The Hall–Kier alpha value is -1.29. The van der Waals surface area contributed by atoms with Gasteiger partial charge in [-0.3, -0.25) is 0 Å². The molecule has 0 aliphatic rings. The molecule has 3 nitrogen and oxygen atoms in total. The average Bonchev–Trinajstić information content (AvgIpc) is 2.80. The van der Waals surface area contributed by atoms with Gasteiger partial charge >= 0.3 is 0 Å². The van der Waals surface area contributed by atoms with Crippen molar-refractivity contribution in [1.29, 1.82) is 0 Å². The molecule has 0 aliphatic carbocycles. The van der Waals surface area contributed by atoms with Crippen molar-refractivity contribution in [3.05, 3.63) is 47.0 Å². The molecule has 4 heteroatoms. The predicted octanol–water partition coefficient (Wildman–Crippen LogP) is 3.88. The summed E-state index contributed by atoms with van der Waals surface area (Å²) in [7, 11) is 0. The molecule has 1 aromatic carbocycles. The summed E-state index contributed by atoms with van der Waals surface area (Å²) in [6.07, 6.45) is 3.91. The van der Waals surface area contributed by atoms with E-state index in [9.17, 15) is 0 Å². The van der Waals surface area contributed by atoms with E-state index >= 15 is 0 Å². The molecule has 1 N–H and O–H groups in total. The van der Waals surface area contributed by atoms with Gasteiger partial charge in [-0.1, -0.05) is 29.8 Å². The highest BCUT2D eigenvalue weighted by Gasteiger charge is 2.06. The van der Waals surface area contributed by atoms with E-state index in [1.165, 1.54) is 0 Å². The van der Waals surface area contributed by atoms with Gasteiger partial charge in [-0.15, -0.1) is 0 Å². The van der Waals surface area contributed by atoms with Gasteiger partial charge in [0.2, 0.25) is 0 Å². The van der Waals surface area contributed by atoms with Crippen molar-refractivity contribution in [2.45, 2.75) is 26.3 Å². The second kappa shape index (κ2) is 6.05. The maximum atomic E-state index is 4.38. The van der Waals surface area contributed by atoms with Crippen LogP contribution in [0.3, 0.4) is 0 Å². The van der Waals surface area contributed by atoms with Gasteiger partial charge in [-0.25, -0.2) is 4.98 Å². The van der Waals surface area contributed by atoms with Crippen LogP contribution in [0.2, 0.25) is 0 Å². The third-order valence-corrected chi connectivity index (χ3v) is 3.32. The molecule has 18 heavy (non-hydrogen) atoms. The maximum Gasteiger partial charge on any atom is 0.111 e. The maximum absolute atomic E-state index is 4.38. The molecular formula is C14H18BrN3. The number of nitrogens with zero attached hydrogens (tertiary/aromatic N) is 2. The average molecular weight is 308 g/mol. The van der Waals surface area contributed by atoms with Crippen LogP contribution in [-0.4, -0.2) is 16.1 Å². The highest BCUT2D eigenvalue weighted by Crippen LogP contribution is 2.14. The summed E-state index contributed by atoms with van der Waals surface area (Å²) >= 11 is 3.43. The first-order chi connectivity index (χ1) is 8.66. The van der Waals surface area contributed by atoms with Crippen LogP contribution in [0.15, 0.2) is 41.1 Å². The van der Waals surface area contributed by atoms with Crippen molar-refractivity contribution in [2.75, 3.05) is 11.9 Å². The zero-order valence-corrected chi connectivity index (χ0v) is 12.3. The van der Waals surface area contributed by atoms with E-state index in [4.69, 9.17) is 0 Å². The lowest BCUT2D eigenvalue weighted by molar-refractivity contribution is 0.637. The second-order valence-corrected chi connectivity index (χ2v) is 5.48. The largest absolute Gasteiger partial charge is 0.383 e. The van der Waals surface area contributed by atoms with Crippen molar-refractivity contribution < 1.29 is 0 Å². The Bertz CT molecular complexity index is 488. The van der Waals surface area contributed by atoms with Gasteiger partial charge in [0.25, 0.3) is 0 Å². The normalized spacial score (nSPS) is 10.9. The van der Waals surface area contributed by atoms with Gasteiger partial charge in [0, 0.05) is 41.6 Å². The quantitative estimate of drug-likeness (QED) is 0.908. The summed E-state index contributed by atoms with van der Waals surface area (Å²) in [4.78, 5) is 4.38. The molecular weight excluding hydrogens is 290 g/mol. The second-order valence-electron chi connectivity index (χ2n) is 4.57. The Balaban J connectivity index is 1.88. The summed E-state index contributed by atoms with van der Waals surface area (Å²) in [5.41, 5.74) is 1.14. The molecule has 0 atom stereocenters. The number of aromatic nitrogens is 2. The van der Waals surface area contributed by atoms with Crippen LogP contribution in [0.1, 0.15) is 25.6 Å². The minimum absolute atomic E-state index is 0.465. The zero-order valence-electron chi connectivity index (χ0n) is 10.7. The number of benzene rings is 1. The molecule has 1 heterocycles. The fourth-order valence-corrected chi connectivity index (χ4v) is 2.16. The molecule has 0 spiro atoms. The fraction of sp³-hybridized carbons (Fsp3) is 0.357. The van der Waals surface area contributed by atoms with Crippen LogP contribution >= 0.6 is 15.9 Å². The molecule has 0 aliphatic heterocycles. The lowest BCUT2D eigenvalue weighted by Gasteiger charge is -2.11. The number of hydrogen-bond donors (Lipinski definition) is 1. The third-order valence-electron chi connectivity index (χ3n) is 2.79. The number of imidazole rings is 1. The molecule has 0 amide bonds. The van der Waals surface area contributed by atoms with Gasteiger partial charge in [0.05, 0.1) is 0 Å². The smallest absolute Gasteiger partial charge is 0.111 e. The van der Waals surface area contributed by atoms with Crippen molar-refractivity contribution in [1.82, 2.24) is 9.55 Å². The van der Waals surface area contributed by atoms with Crippen LogP contribution in [0.5, 0.6) is 0 Å². The molecule has 0 bridgehead atoms. The van der Waals surface area contributed by atoms with E-state index in [1.807, 2.05) is 24.5 Å². The lowest BCUT2D eigenvalue weighted by Crippen LogP contribution is -2.13. The Kier molecular flexibility index (Phi) is 4.42. The number of nitrogens with one attached hydrogen (secondary N) is 1. The molecule has 96 valence electrons. The summed E-state index contributed by atoms with van der Waals surface area (Å²) in [6.45, 7) is 6.17. The van der Waals surface area contributed by atoms with Gasteiger partial charge in [-0.05, 0) is 24.3 Å². The van der Waals surface area contributed by atoms with E-state index in [2.05, 4.69) is 56.8 Å². The SMILES string of the molecule is CC(C)c1nccn1CCNc1ccc(Br)cc1. The minimum Gasteiger partial charge on any atom is -0.383 e. The van der Waals surface area contributed by atoms with Crippen LogP contribution in [-0.2, 0) is 6.54 Å². The third kappa shape index (κ3) is 3.35. The number of rotatable bonds is 5. The number of anilines is 1. The van der Waals surface area contributed by atoms with Crippen molar-refractivity contribution in [3.8, 4) is 0 Å². The molecule has 0 fully saturated rings. The summed E-state index contributed by atoms with van der Waals surface area (Å²) < 4.78 is 3.31. The first-order valence-electron chi connectivity index (χ1n) is 6.17. The van der Waals surface area contributed by atoms with Crippen LogP contribution < -0.4 is 5.32 Å². The van der Waals surface area contributed by atoms with E-state index < -0.39 is 0 Å². The lowest BCUT2D eigenvalue weighted by atomic mass is 10.2. The summed E-state index contributed by atoms with van der Waals surface area (Å²) in [5, 5.41) is 3.41. The number of hydrogen-bond acceptors (Lipinski definition) is 2. The van der Waals surface area contributed by atoms with Gasteiger partial charge in [-0.2, -0.15) is 0 Å². The Morgan fingerprint density at radius 2 is 2.00 bits per heavy atom. The fourth-order valence-electron chi connectivity index (χ4n) is 1.90. The Morgan fingerprint density at radius 3 is 2.67 bits per heavy atom. The molecule has 0 saturated heterocycles. The van der Waals surface area contributed by atoms with Crippen LogP contribution in [0.25, 0.3) is 0 Å². The monoisotopic (exact) mass is 307 g/mol. The Morgan fingerprint density at radius 1 is 1.28 bits per heavy atom. The molecule has 0 saturated carbocycles. The first-order valence-corrected chi connectivity index (χ1v) is 6.96. The highest BCUT2D eigenvalue weighted by atomic mass is 79.9. The standard InChI is InChI=1S/C14H18BrN3/c1-11(2)14-17-8-10-18(14)9-7-16-13-5-3-12(15)4-6-13/h3-6,8,10-11,16H,7,9H2,1-2H3. The molecule has 0 unspecified atom stereocenters. The number of halogens is 1. The minimum atomic E-state index is 0.465. The zero-order chi connectivity index (χ0) is 13.0. The van der Waals surface area contributed by atoms with Crippen LogP contribution in [0.4, 0.5) is 5.69 Å². The van der Waals surface area contributed by atoms with Gasteiger partial charge < -0.3 is 9.88 Å². The highest BCUT2D eigenvalue weighted by molar-refractivity contribution is 9.10. The molecule has 0 radical (unpaired) electrons. The van der Waals surface area contributed by atoms with E-state index in [0.717, 1.165) is 29.1 Å². The van der Waals surface area contributed by atoms with Crippen molar-refractivity contribution >= 4 is 21.6 Å². The molecule has 2 rings (SSSR count). The Labute approximate surface area is 116 Å². The predicted molar refractivity (Wildman–Crippen MR) is 78.9 cm³/mol. The van der Waals surface area contributed by atoms with Gasteiger partial charge in [0.15, 0.2) is 0 Å². The summed E-state index contributed by atoms with van der Waals surface area (Å²) in [5.74, 6) is 1.61. The summed E-state index contributed by atoms with van der Waals surface area (Å²) in [6, 6.07) is 8.22. The van der Waals surface area contributed by atoms with Crippen molar-refractivity contribution in [2.24, 2.45) is 0 Å². The first kappa shape index (κ1) is 13.1. The van der Waals surface area contributed by atoms with E-state index in [-0.39, 0.29) is 0 Å². The van der Waals surface area contributed by atoms with Gasteiger partial charge in [0.1, 0.15) is 5.82 Å². The van der Waals surface area contributed by atoms with Crippen molar-refractivity contribution in [3.63, 3.8) is 0 Å². The topological polar surface area (TPSA) is 29.9 Å². The molecule has 1 aromatic heterocycles. The van der Waals surface area contributed by atoms with E-state index in [0.29, 0.717) is 5.92 Å². The van der Waals surface area contributed by atoms with E-state index in [1.54, 1.807) is 0 Å². The molecule has 2 aromatic rings.